The van der Waals surface area contributed by atoms with Gasteiger partial charge in [0.2, 0.25) is 5.88 Å². The van der Waals surface area contributed by atoms with E-state index < -0.39 is 5.92 Å². The first-order chi connectivity index (χ1) is 14.1. The molecule has 1 aliphatic heterocycles. The summed E-state index contributed by atoms with van der Waals surface area (Å²) in [6.45, 7) is 1.83. The Morgan fingerprint density at radius 2 is 2.00 bits per heavy atom. The Hall–Kier alpha value is -3.56. The van der Waals surface area contributed by atoms with Crippen LogP contribution < -0.4 is 15.4 Å². The van der Waals surface area contributed by atoms with Crippen molar-refractivity contribution in [3.63, 3.8) is 0 Å². The van der Waals surface area contributed by atoms with Crippen molar-refractivity contribution in [2.45, 2.75) is 31.6 Å². The van der Waals surface area contributed by atoms with E-state index in [-0.39, 0.29) is 5.91 Å². The van der Waals surface area contributed by atoms with Gasteiger partial charge in [-0.1, -0.05) is 6.08 Å². The second kappa shape index (κ2) is 6.50. The first-order valence-electron chi connectivity index (χ1n) is 9.29. The Balaban J connectivity index is 1.64. The lowest BCUT2D eigenvalue weighted by Crippen LogP contribution is -2.37. The van der Waals surface area contributed by atoms with Gasteiger partial charge in [0.25, 0.3) is 5.91 Å². The molecule has 1 fully saturated rings. The molecule has 1 unspecified atom stereocenters. The minimum atomic E-state index is -0.611. The van der Waals surface area contributed by atoms with Gasteiger partial charge in [-0.3, -0.25) is 4.79 Å². The molecule has 5 rings (SSSR count). The Morgan fingerprint density at radius 1 is 1.17 bits per heavy atom. The molecule has 3 aromatic heterocycles. The molecule has 10 nitrogen and oxygen atoms in total. The van der Waals surface area contributed by atoms with E-state index in [0.717, 1.165) is 24.4 Å². The fraction of sp³-hybridized carbons (Fsp3) is 0.368. The zero-order valence-corrected chi connectivity index (χ0v) is 16.2. The van der Waals surface area contributed by atoms with Crippen molar-refractivity contribution in [3.05, 3.63) is 40.6 Å². The van der Waals surface area contributed by atoms with E-state index in [4.69, 9.17) is 4.74 Å². The molecule has 3 aromatic rings. The quantitative estimate of drug-likeness (QED) is 0.609. The van der Waals surface area contributed by atoms with E-state index >= 15 is 0 Å². The summed E-state index contributed by atoms with van der Waals surface area (Å²) < 4.78 is 7.20. The standard InChI is InChI=1S/C19H18N8O2/c1-9-25-26-17(27(9)2)12-6-11-7-20-16(23-15(11)24-18(12)28)13-14(10-4-5-10)21-8-22-19(13)29-3/h6-8,10,12H,4-5H2,1-3H3. The summed E-state index contributed by atoms with van der Waals surface area (Å²) >= 11 is 0. The zero-order valence-electron chi connectivity index (χ0n) is 16.2. The molecule has 0 radical (unpaired) electrons. The van der Waals surface area contributed by atoms with Gasteiger partial charge in [0.05, 0.1) is 12.8 Å². The van der Waals surface area contributed by atoms with Gasteiger partial charge in [0, 0.05) is 24.4 Å². The minimum absolute atomic E-state index is 0.322. The van der Waals surface area contributed by atoms with Crippen LogP contribution >= 0.6 is 0 Å². The molecule has 10 heteroatoms. The zero-order chi connectivity index (χ0) is 20.1. The predicted molar refractivity (Wildman–Crippen MR) is 100 cm³/mol. The summed E-state index contributed by atoms with van der Waals surface area (Å²) in [6, 6.07) is 0. The number of carbonyl (C=O) groups excluding carboxylic acids is 1. The molecule has 146 valence electrons. The molecule has 29 heavy (non-hydrogen) atoms. The topological polar surface area (TPSA) is 121 Å². The third-order valence-corrected chi connectivity index (χ3v) is 5.25. The van der Waals surface area contributed by atoms with Crippen molar-refractivity contribution in [2.24, 2.45) is 12.0 Å². The first kappa shape index (κ1) is 17.5. The number of ether oxygens (including phenoxy) is 1. The number of aryl methyl sites for hydroxylation is 1. The fourth-order valence-corrected chi connectivity index (χ4v) is 3.43. The molecule has 0 spiro atoms. The van der Waals surface area contributed by atoms with E-state index in [2.05, 4.69) is 35.1 Å². The Kier molecular flexibility index (Phi) is 3.93. The van der Waals surface area contributed by atoms with Crippen LogP contribution in [0, 0.1) is 6.92 Å². The molecule has 4 heterocycles. The van der Waals surface area contributed by atoms with Crippen molar-refractivity contribution in [1.29, 1.82) is 0 Å². The lowest BCUT2D eigenvalue weighted by atomic mass is 10.0. The van der Waals surface area contributed by atoms with Gasteiger partial charge < -0.3 is 9.30 Å². The highest BCUT2D eigenvalue weighted by atomic mass is 16.5. The average molecular weight is 390 g/mol. The van der Waals surface area contributed by atoms with Gasteiger partial charge in [-0.2, -0.15) is 4.99 Å². The maximum absolute atomic E-state index is 12.7. The highest BCUT2D eigenvalue weighted by Crippen LogP contribution is 2.44. The normalized spacial score (nSPS) is 18.0. The smallest absolute Gasteiger partial charge is 0.262 e. The van der Waals surface area contributed by atoms with Crippen LogP contribution in [0.25, 0.3) is 17.5 Å². The molecule has 0 aromatic carbocycles. The van der Waals surface area contributed by atoms with Crippen LogP contribution in [-0.2, 0) is 11.8 Å². The van der Waals surface area contributed by atoms with E-state index in [1.54, 1.807) is 23.9 Å². The van der Waals surface area contributed by atoms with Crippen molar-refractivity contribution in [2.75, 3.05) is 7.11 Å². The van der Waals surface area contributed by atoms with Gasteiger partial charge in [-0.15, -0.1) is 10.2 Å². The number of fused-ring (bicyclic) bond motifs is 1. The number of nitrogens with zero attached hydrogens (tertiary/aromatic N) is 8. The van der Waals surface area contributed by atoms with Crippen molar-refractivity contribution in [3.8, 4) is 17.3 Å². The van der Waals surface area contributed by atoms with E-state index in [1.165, 1.54) is 6.33 Å². The van der Waals surface area contributed by atoms with E-state index in [1.807, 2.05) is 14.0 Å². The lowest BCUT2D eigenvalue weighted by Gasteiger charge is -2.13. The fourth-order valence-electron chi connectivity index (χ4n) is 3.43. The SMILES string of the molecule is COc1ncnc(C2CC2)c1-c1ncc2c(n1)=NC(=O)C(c1nnc(C)n1C)C=2. The Labute approximate surface area is 165 Å². The number of amides is 1. The first-order valence-corrected chi connectivity index (χ1v) is 9.29. The largest absolute Gasteiger partial charge is 0.480 e. The van der Waals surface area contributed by atoms with Crippen LogP contribution in [0.15, 0.2) is 17.5 Å². The van der Waals surface area contributed by atoms with Gasteiger partial charge in [-0.25, -0.2) is 19.9 Å². The molecular weight excluding hydrogens is 372 g/mol. The number of hydrogen-bond donors (Lipinski definition) is 0. The van der Waals surface area contributed by atoms with Crippen molar-refractivity contribution >= 4 is 12.0 Å². The summed E-state index contributed by atoms with van der Waals surface area (Å²) in [5, 5.41) is 8.81. The number of methoxy groups -OCH3 is 1. The highest BCUT2D eigenvalue weighted by molar-refractivity contribution is 5.90. The summed E-state index contributed by atoms with van der Waals surface area (Å²) in [6.07, 6.45) is 7.05. The minimum Gasteiger partial charge on any atom is -0.480 e. The summed E-state index contributed by atoms with van der Waals surface area (Å²) in [7, 11) is 3.37. The maximum Gasteiger partial charge on any atom is 0.262 e. The molecule has 1 saturated carbocycles. The summed E-state index contributed by atoms with van der Waals surface area (Å²) in [5.41, 5.74) is 1.85. The number of carbonyl (C=O) groups is 1. The molecule has 2 aliphatic rings. The molecule has 1 amide bonds. The van der Waals surface area contributed by atoms with Crippen LogP contribution in [-0.4, -0.2) is 47.7 Å². The molecular formula is C19H18N8O2. The Morgan fingerprint density at radius 3 is 2.69 bits per heavy atom. The average Bonchev–Trinajstić information content (AvgIpc) is 3.53. The monoisotopic (exact) mass is 390 g/mol. The molecule has 0 N–H and O–H groups in total. The van der Waals surface area contributed by atoms with E-state index in [9.17, 15) is 4.79 Å². The second-order valence-electron chi connectivity index (χ2n) is 7.15. The van der Waals surface area contributed by atoms with Crippen molar-refractivity contribution < 1.29 is 9.53 Å². The predicted octanol–water partition coefficient (Wildman–Crippen LogP) is -0.0194. The molecule has 0 bridgehead atoms. The van der Waals surface area contributed by atoms with Crippen LogP contribution in [0.2, 0.25) is 0 Å². The third-order valence-electron chi connectivity index (χ3n) is 5.25. The number of aromatic nitrogens is 7. The molecule has 1 aliphatic carbocycles. The highest BCUT2D eigenvalue weighted by Gasteiger charge is 2.32. The van der Waals surface area contributed by atoms with Gasteiger partial charge in [0.15, 0.2) is 11.3 Å². The van der Waals surface area contributed by atoms with Gasteiger partial charge in [-0.05, 0) is 19.8 Å². The third kappa shape index (κ3) is 2.87. The lowest BCUT2D eigenvalue weighted by molar-refractivity contribution is -0.118. The van der Waals surface area contributed by atoms with Crippen LogP contribution in [0.3, 0.4) is 0 Å². The maximum atomic E-state index is 12.7. The van der Waals surface area contributed by atoms with Gasteiger partial charge in [0.1, 0.15) is 29.5 Å². The molecule has 0 saturated heterocycles. The van der Waals surface area contributed by atoms with Crippen LogP contribution in [0.4, 0.5) is 0 Å². The molecule has 1 atom stereocenters. The Bertz CT molecular complexity index is 1260. The second-order valence-corrected chi connectivity index (χ2v) is 7.15. The van der Waals surface area contributed by atoms with Crippen molar-refractivity contribution in [1.82, 2.24) is 34.7 Å². The number of hydrogen-bond acceptors (Lipinski definition) is 8. The van der Waals surface area contributed by atoms with E-state index in [0.29, 0.717) is 39.7 Å². The summed E-state index contributed by atoms with van der Waals surface area (Å²) in [5.74, 6) is 1.50. The van der Waals surface area contributed by atoms with Crippen LogP contribution in [0.5, 0.6) is 5.88 Å². The van der Waals surface area contributed by atoms with Gasteiger partial charge >= 0.3 is 0 Å². The number of rotatable bonds is 4. The summed E-state index contributed by atoms with van der Waals surface area (Å²) in [4.78, 5) is 34.6. The van der Waals surface area contributed by atoms with Crippen LogP contribution in [0.1, 0.15) is 42.0 Å².